The number of nitrogens with zero attached hydrogens (tertiary/aromatic N) is 3. The summed E-state index contributed by atoms with van der Waals surface area (Å²) in [7, 11) is 0. The van der Waals surface area contributed by atoms with E-state index in [0.717, 1.165) is 16.5 Å². The Morgan fingerprint density at radius 1 is 0.969 bits per heavy atom. The summed E-state index contributed by atoms with van der Waals surface area (Å²) in [6.07, 6.45) is -0.655. The monoisotopic (exact) mass is 439 g/mol. The van der Waals surface area contributed by atoms with Crippen molar-refractivity contribution in [2.24, 2.45) is 0 Å². The number of benzene rings is 2. The van der Waals surface area contributed by atoms with Crippen molar-refractivity contribution in [2.75, 3.05) is 17.2 Å². The molecule has 0 saturated carbocycles. The predicted octanol–water partition coefficient (Wildman–Crippen LogP) is 4.96. The molecule has 0 radical (unpaired) electrons. The standard InChI is InChI=1S/C22H16F3N5O2/c23-22(24,25)13-32-19-9-10-26-12-18(19)28-20(31)17-8-11-27-21(30-17)29-16-7-3-5-14-4-1-2-6-15(14)16/h1-12H,13H2,(H,28,31)(H,27,29,30). The molecule has 0 saturated heterocycles. The first kappa shape index (κ1) is 21.0. The van der Waals surface area contributed by atoms with E-state index >= 15 is 0 Å². The first-order valence-electron chi connectivity index (χ1n) is 9.42. The minimum Gasteiger partial charge on any atom is -0.482 e. The maximum Gasteiger partial charge on any atom is 0.422 e. The molecule has 0 aliphatic carbocycles. The van der Waals surface area contributed by atoms with Crippen molar-refractivity contribution in [1.29, 1.82) is 0 Å². The fraction of sp³-hybridized carbons (Fsp3) is 0.0909. The summed E-state index contributed by atoms with van der Waals surface area (Å²) < 4.78 is 42.2. The average molecular weight is 439 g/mol. The van der Waals surface area contributed by atoms with Crippen LogP contribution in [0, 0.1) is 0 Å². The van der Waals surface area contributed by atoms with E-state index in [1.807, 2.05) is 42.5 Å². The first-order chi connectivity index (χ1) is 15.4. The molecule has 7 nitrogen and oxygen atoms in total. The maximum atomic E-state index is 12.6. The van der Waals surface area contributed by atoms with Gasteiger partial charge in [0.05, 0.1) is 6.20 Å². The number of amides is 1. The van der Waals surface area contributed by atoms with Crippen LogP contribution in [-0.4, -0.2) is 33.6 Å². The van der Waals surface area contributed by atoms with E-state index in [9.17, 15) is 18.0 Å². The van der Waals surface area contributed by atoms with Gasteiger partial charge in [-0.25, -0.2) is 9.97 Å². The van der Waals surface area contributed by atoms with Gasteiger partial charge in [0.1, 0.15) is 17.1 Å². The zero-order valence-corrected chi connectivity index (χ0v) is 16.4. The van der Waals surface area contributed by atoms with Gasteiger partial charge in [-0.15, -0.1) is 0 Å². The van der Waals surface area contributed by atoms with Gasteiger partial charge in [0.15, 0.2) is 6.61 Å². The highest BCUT2D eigenvalue weighted by Crippen LogP contribution is 2.27. The van der Waals surface area contributed by atoms with E-state index in [-0.39, 0.29) is 23.1 Å². The Morgan fingerprint density at radius 2 is 1.78 bits per heavy atom. The summed E-state index contributed by atoms with van der Waals surface area (Å²) in [4.78, 5) is 24.8. The normalized spacial score (nSPS) is 11.2. The molecule has 2 N–H and O–H groups in total. The van der Waals surface area contributed by atoms with E-state index in [1.54, 1.807) is 0 Å². The summed E-state index contributed by atoms with van der Waals surface area (Å²) in [5.74, 6) is -0.624. The number of fused-ring (bicyclic) bond motifs is 1. The number of ether oxygens (including phenoxy) is 1. The van der Waals surface area contributed by atoms with Crippen LogP contribution in [0.4, 0.5) is 30.5 Å². The van der Waals surface area contributed by atoms with Gasteiger partial charge in [0.25, 0.3) is 5.91 Å². The van der Waals surface area contributed by atoms with Gasteiger partial charge in [-0.3, -0.25) is 9.78 Å². The Bertz CT molecular complexity index is 1260. The molecule has 2 aromatic carbocycles. The third-order valence-corrected chi connectivity index (χ3v) is 4.34. The van der Waals surface area contributed by atoms with Crippen LogP contribution in [0.3, 0.4) is 0 Å². The van der Waals surface area contributed by atoms with Crippen LogP contribution >= 0.6 is 0 Å². The predicted molar refractivity (Wildman–Crippen MR) is 113 cm³/mol. The molecule has 4 rings (SSSR count). The highest BCUT2D eigenvalue weighted by molar-refractivity contribution is 6.03. The molecule has 0 aliphatic heterocycles. The molecule has 32 heavy (non-hydrogen) atoms. The fourth-order valence-corrected chi connectivity index (χ4v) is 2.95. The van der Waals surface area contributed by atoms with E-state index in [4.69, 9.17) is 4.74 Å². The van der Waals surface area contributed by atoms with Crippen molar-refractivity contribution in [1.82, 2.24) is 15.0 Å². The first-order valence-corrected chi connectivity index (χ1v) is 9.42. The van der Waals surface area contributed by atoms with Gasteiger partial charge >= 0.3 is 6.18 Å². The van der Waals surface area contributed by atoms with Crippen LogP contribution in [0.25, 0.3) is 10.8 Å². The number of carbonyl (C=O) groups excluding carboxylic acids is 1. The number of hydrogen-bond donors (Lipinski definition) is 2. The Kier molecular flexibility index (Phi) is 5.84. The maximum absolute atomic E-state index is 12.6. The Labute approximate surface area is 180 Å². The number of aromatic nitrogens is 3. The van der Waals surface area contributed by atoms with E-state index in [1.165, 1.54) is 30.7 Å². The molecular weight excluding hydrogens is 423 g/mol. The number of nitrogens with one attached hydrogen (secondary N) is 2. The number of pyridine rings is 1. The average Bonchev–Trinajstić information content (AvgIpc) is 2.78. The van der Waals surface area contributed by atoms with Gasteiger partial charge in [-0.05, 0) is 17.5 Å². The van der Waals surface area contributed by atoms with Crippen LogP contribution in [0.15, 0.2) is 73.2 Å². The molecule has 0 aliphatic rings. The van der Waals surface area contributed by atoms with Gasteiger partial charge in [0.2, 0.25) is 5.95 Å². The summed E-state index contributed by atoms with van der Waals surface area (Å²) in [6, 6.07) is 16.1. The summed E-state index contributed by atoms with van der Waals surface area (Å²) in [6.45, 7) is -1.49. The second-order valence-corrected chi connectivity index (χ2v) is 6.65. The van der Waals surface area contributed by atoms with Crippen molar-refractivity contribution in [3.63, 3.8) is 0 Å². The molecule has 2 aromatic heterocycles. The van der Waals surface area contributed by atoms with Crippen molar-refractivity contribution >= 4 is 34.0 Å². The Balaban J connectivity index is 1.52. The quantitative estimate of drug-likeness (QED) is 0.441. The van der Waals surface area contributed by atoms with E-state index in [0.29, 0.717) is 0 Å². The molecular formula is C22H16F3N5O2. The number of rotatable bonds is 6. The molecule has 162 valence electrons. The van der Waals surface area contributed by atoms with Gasteiger partial charge in [0, 0.05) is 29.5 Å². The number of carbonyl (C=O) groups is 1. The van der Waals surface area contributed by atoms with Gasteiger partial charge in [-0.2, -0.15) is 13.2 Å². The molecule has 0 atom stereocenters. The Hall–Kier alpha value is -4.21. The minimum atomic E-state index is -4.51. The van der Waals surface area contributed by atoms with Crippen LogP contribution in [0.2, 0.25) is 0 Å². The smallest absolute Gasteiger partial charge is 0.422 e. The van der Waals surface area contributed by atoms with Gasteiger partial charge < -0.3 is 15.4 Å². The lowest BCUT2D eigenvalue weighted by Crippen LogP contribution is -2.21. The van der Waals surface area contributed by atoms with E-state index < -0.39 is 18.7 Å². The van der Waals surface area contributed by atoms with Crippen molar-refractivity contribution in [3.05, 3.63) is 78.9 Å². The lowest BCUT2D eigenvalue weighted by atomic mass is 10.1. The molecule has 2 heterocycles. The second kappa shape index (κ2) is 8.88. The van der Waals surface area contributed by atoms with Crippen LogP contribution in [0.5, 0.6) is 5.75 Å². The van der Waals surface area contributed by atoms with E-state index in [2.05, 4.69) is 25.6 Å². The number of halogens is 3. The molecule has 0 fully saturated rings. The molecule has 0 unspecified atom stereocenters. The Morgan fingerprint density at radius 3 is 2.62 bits per heavy atom. The van der Waals surface area contributed by atoms with Crippen molar-refractivity contribution in [3.8, 4) is 5.75 Å². The molecule has 1 amide bonds. The van der Waals surface area contributed by atoms with Gasteiger partial charge in [-0.1, -0.05) is 36.4 Å². The summed E-state index contributed by atoms with van der Waals surface area (Å²) in [5, 5.41) is 7.54. The zero-order chi connectivity index (χ0) is 22.6. The third-order valence-electron chi connectivity index (χ3n) is 4.34. The van der Waals surface area contributed by atoms with Crippen LogP contribution < -0.4 is 15.4 Å². The van der Waals surface area contributed by atoms with Crippen LogP contribution in [0.1, 0.15) is 10.5 Å². The number of alkyl halides is 3. The lowest BCUT2D eigenvalue weighted by molar-refractivity contribution is -0.153. The molecule has 4 aromatic rings. The van der Waals surface area contributed by atoms with Crippen LogP contribution in [-0.2, 0) is 0 Å². The van der Waals surface area contributed by atoms with Crippen molar-refractivity contribution < 1.29 is 22.7 Å². The highest BCUT2D eigenvalue weighted by atomic mass is 19.4. The summed E-state index contributed by atoms with van der Waals surface area (Å²) in [5.41, 5.74) is 0.757. The lowest BCUT2D eigenvalue weighted by Gasteiger charge is -2.13. The second-order valence-electron chi connectivity index (χ2n) is 6.65. The SMILES string of the molecule is O=C(Nc1cnccc1OCC(F)(F)F)c1ccnc(Nc2cccc3ccccc23)n1. The summed E-state index contributed by atoms with van der Waals surface area (Å²) >= 11 is 0. The fourth-order valence-electron chi connectivity index (χ4n) is 2.95. The highest BCUT2D eigenvalue weighted by Gasteiger charge is 2.29. The topological polar surface area (TPSA) is 89.0 Å². The number of hydrogen-bond acceptors (Lipinski definition) is 6. The minimum absolute atomic E-state index is 0.00774. The largest absolute Gasteiger partial charge is 0.482 e. The molecule has 0 spiro atoms. The zero-order valence-electron chi connectivity index (χ0n) is 16.4. The third kappa shape index (κ3) is 5.09. The van der Waals surface area contributed by atoms with Crippen molar-refractivity contribution in [2.45, 2.75) is 6.18 Å². The number of anilines is 3. The molecule has 0 bridgehead atoms. The molecule has 10 heteroatoms.